The molecule has 0 heterocycles. The van der Waals surface area contributed by atoms with Crippen LogP contribution in [0.2, 0.25) is 0 Å². The van der Waals surface area contributed by atoms with Crippen LogP contribution in [0.4, 0.5) is 26.2 Å². The lowest BCUT2D eigenvalue weighted by Crippen LogP contribution is -2.27. The van der Waals surface area contributed by atoms with Gasteiger partial charge in [0.15, 0.2) is 0 Å². The van der Waals surface area contributed by atoms with Gasteiger partial charge in [0, 0.05) is 17.7 Å². The van der Waals surface area contributed by atoms with Crippen molar-refractivity contribution in [2.75, 3.05) is 10.6 Å². The third kappa shape index (κ3) is 5.77. The number of amides is 2. The number of nitrogens with zero attached hydrogens (tertiary/aromatic N) is 1. The second-order valence-corrected chi connectivity index (χ2v) is 6.57. The number of hydrogen-bond acceptors (Lipinski definition) is 5. The molecule has 0 bridgehead atoms. The monoisotopic (exact) mass is 375 g/mol. The van der Waals surface area contributed by atoms with Gasteiger partial charge < -0.3 is 10.1 Å². The van der Waals surface area contributed by atoms with E-state index in [9.17, 15) is 24.1 Å². The Bertz CT molecular complexity index is 876. The summed E-state index contributed by atoms with van der Waals surface area (Å²) in [6, 6.07) is 8.40. The molecule has 0 aliphatic carbocycles. The number of carbonyl (C=O) groups is 2. The number of anilines is 2. The third-order valence-corrected chi connectivity index (χ3v) is 3.21. The van der Waals surface area contributed by atoms with E-state index in [1.807, 2.05) is 0 Å². The van der Waals surface area contributed by atoms with Gasteiger partial charge in [0.1, 0.15) is 11.4 Å². The lowest BCUT2D eigenvalue weighted by atomic mass is 10.2. The van der Waals surface area contributed by atoms with E-state index in [4.69, 9.17) is 4.74 Å². The standard InChI is InChI=1S/C18H18FN3O5/c1-18(2,3)27-17(24)21-15-10-12(19)6-9-14(15)20-16(23)11-4-7-13(8-5-11)22(25)26/h4-10H,1-3H3,(H,20,23)(H,21,24). The molecule has 9 heteroatoms. The number of non-ortho nitro benzene ring substituents is 1. The zero-order valence-electron chi connectivity index (χ0n) is 14.9. The van der Waals surface area contributed by atoms with Crippen LogP contribution in [-0.4, -0.2) is 22.5 Å². The highest BCUT2D eigenvalue weighted by Crippen LogP contribution is 2.25. The van der Waals surface area contributed by atoms with E-state index in [-0.39, 0.29) is 22.6 Å². The van der Waals surface area contributed by atoms with E-state index < -0.39 is 28.3 Å². The first-order chi connectivity index (χ1) is 12.5. The van der Waals surface area contributed by atoms with Gasteiger partial charge in [-0.05, 0) is 51.1 Å². The minimum Gasteiger partial charge on any atom is -0.444 e. The fourth-order valence-corrected chi connectivity index (χ4v) is 2.07. The van der Waals surface area contributed by atoms with Gasteiger partial charge in [-0.15, -0.1) is 0 Å². The number of ether oxygens (including phenoxy) is 1. The number of carbonyl (C=O) groups excluding carboxylic acids is 2. The van der Waals surface area contributed by atoms with Crippen molar-refractivity contribution in [2.24, 2.45) is 0 Å². The van der Waals surface area contributed by atoms with Crippen molar-refractivity contribution in [3.8, 4) is 0 Å². The Hall–Kier alpha value is -3.49. The van der Waals surface area contributed by atoms with Crippen LogP contribution < -0.4 is 10.6 Å². The second kappa shape index (κ2) is 7.81. The molecule has 0 aliphatic heterocycles. The van der Waals surface area contributed by atoms with Crippen LogP contribution in [0.5, 0.6) is 0 Å². The topological polar surface area (TPSA) is 111 Å². The van der Waals surface area contributed by atoms with E-state index in [2.05, 4.69) is 10.6 Å². The van der Waals surface area contributed by atoms with Gasteiger partial charge >= 0.3 is 6.09 Å². The van der Waals surface area contributed by atoms with Gasteiger partial charge in [-0.25, -0.2) is 9.18 Å². The second-order valence-electron chi connectivity index (χ2n) is 6.57. The first kappa shape index (κ1) is 19.8. The Kier molecular flexibility index (Phi) is 5.74. The van der Waals surface area contributed by atoms with Gasteiger partial charge in [-0.2, -0.15) is 0 Å². The Morgan fingerprint density at radius 2 is 1.67 bits per heavy atom. The molecule has 27 heavy (non-hydrogen) atoms. The van der Waals surface area contributed by atoms with Crippen molar-refractivity contribution in [3.05, 3.63) is 64.0 Å². The molecule has 0 aliphatic rings. The molecule has 0 spiro atoms. The Morgan fingerprint density at radius 1 is 1.04 bits per heavy atom. The highest BCUT2D eigenvalue weighted by Gasteiger charge is 2.18. The predicted molar refractivity (Wildman–Crippen MR) is 97.3 cm³/mol. The highest BCUT2D eigenvalue weighted by molar-refractivity contribution is 6.07. The van der Waals surface area contributed by atoms with Crippen LogP contribution in [-0.2, 0) is 4.74 Å². The summed E-state index contributed by atoms with van der Waals surface area (Å²) in [5, 5.41) is 15.6. The van der Waals surface area contributed by atoms with Gasteiger partial charge in [0.2, 0.25) is 0 Å². The molecule has 0 fully saturated rings. The Labute approximate surface area is 154 Å². The molecule has 2 N–H and O–H groups in total. The normalized spacial score (nSPS) is 10.8. The lowest BCUT2D eigenvalue weighted by Gasteiger charge is -2.20. The maximum Gasteiger partial charge on any atom is 0.412 e. The highest BCUT2D eigenvalue weighted by atomic mass is 19.1. The molecule has 0 saturated heterocycles. The maximum atomic E-state index is 13.5. The van der Waals surface area contributed by atoms with Crippen molar-refractivity contribution in [3.63, 3.8) is 0 Å². The van der Waals surface area contributed by atoms with Crippen LogP contribution >= 0.6 is 0 Å². The number of rotatable bonds is 4. The number of nitrogens with one attached hydrogen (secondary N) is 2. The lowest BCUT2D eigenvalue weighted by molar-refractivity contribution is -0.384. The molecule has 0 saturated carbocycles. The molecule has 8 nitrogen and oxygen atoms in total. The predicted octanol–water partition coefficient (Wildman–Crippen LogP) is 4.33. The summed E-state index contributed by atoms with van der Waals surface area (Å²) in [7, 11) is 0. The number of nitro benzene ring substituents is 1. The van der Waals surface area contributed by atoms with Crippen molar-refractivity contribution >= 4 is 29.1 Å². The molecule has 2 amide bonds. The van der Waals surface area contributed by atoms with Crippen LogP contribution in [0.25, 0.3) is 0 Å². The third-order valence-electron chi connectivity index (χ3n) is 3.21. The largest absolute Gasteiger partial charge is 0.444 e. The minimum absolute atomic E-state index is 0.0134. The quantitative estimate of drug-likeness (QED) is 0.610. The summed E-state index contributed by atoms with van der Waals surface area (Å²) in [4.78, 5) is 34.3. The Balaban J connectivity index is 2.19. The van der Waals surface area contributed by atoms with Gasteiger partial charge in [-0.3, -0.25) is 20.2 Å². The molecule has 2 rings (SSSR count). The van der Waals surface area contributed by atoms with Crippen molar-refractivity contribution in [1.82, 2.24) is 0 Å². The van der Waals surface area contributed by atoms with E-state index in [1.165, 1.54) is 30.3 Å². The molecular formula is C18H18FN3O5. The summed E-state index contributed by atoms with van der Waals surface area (Å²) >= 11 is 0. The molecule has 142 valence electrons. The number of benzene rings is 2. The minimum atomic E-state index is -0.807. The van der Waals surface area contributed by atoms with E-state index in [0.717, 1.165) is 12.1 Å². The van der Waals surface area contributed by atoms with E-state index in [0.29, 0.717) is 0 Å². The summed E-state index contributed by atoms with van der Waals surface area (Å²) in [5.41, 5.74) is -0.585. The van der Waals surface area contributed by atoms with Crippen molar-refractivity contribution in [2.45, 2.75) is 26.4 Å². The molecule has 2 aromatic rings. The van der Waals surface area contributed by atoms with Crippen LogP contribution in [0, 0.1) is 15.9 Å². The smallest absolute Gasteiger partial charge is 0.412 e. The molecule has 2 aromatic carbocycles. The first-order valence-corrected chi connectivity index (χ1v) is 7.90. The Morgan fingerprint density at radius 3 is 2.22 bits per heavy atom. The van der Waals surface area contributed by atoms with Crippen molar-refractivity contribution < 1.29 is 23.6 Å². The molecule has 0 unspecified atom stereocenters. The van der Waals surface area contributed by atoms with Crippen LogP contribution in [0.15, 0.2) is 42.5 Å². The van der Waals surface area contributed by atoms with Gasteiger partial charge in [0.25, 0.3) is 11.6 Å². The molecule has 0 atom stereocenters. The zero-order chi connectivity index (χ0) is 20.2. The first-order valence-electron chi connectivity index (χ1n) is 7.90. The summed E-state index contributed by atoms with van der Waals surface area (Å²) in [5.74, 6) is -1.20. The molecule has 0 aromatic heterocycles. The number of nitro groups is 1. The van der Waals surface area contributed by atoms with E-state index in [1.54, 1.807) is 20.8 Å². The number of halogens is 1. The van der Waals surface area contributed by atoms with Gasteiger partial charge in [-0.1, -0.05) is 0 Å². The fraction of sp³-hybridized carbons (Fsp3) is 0.222. The maximum absolute atomic E-state index is 13.5. The zero-order valence-corrected chi connectivity index (χ0v) is 14.9. The van der Waals surface area contributed by atoms with Gasteiger partial charge in [0.05, 0.1) is 16.3 Å². The molecular weight excluding hydrogens is 357 g/mol. The average Bonchev–Trinajstić information content (AvgIpc) is 2.55. The van der Waals surface area contributed by atoms with E-state index >= 15 is 0 Å². The summed E-state index contributed by atoms with van der Waals surface area (Å²) < 4.78 is 18.7. The number of hydrogen-bond donors (Lipinski definition) is 2. The molecule has 0 radical (unpaired) electrons. The van der Waals surface area contributed by atoms with Crippen LogP contribution in [0.1, 0.15) is 31.1 Å². The SMILES string of the molecule is CC(C)(C)OC(=O)Nc1cc(F)ccc1NC(=O)c1ccc([N+](=O)[O-])cc1. The van der Waals surface area contributed by atoms with Crippen molar-refractivity contribution in [1.29, 1.82) is 0 Å². The van der Waals surface area contributed by atoms with Crippen LogP contribution in [0.3, 0.4) is 0 Å². The summed E-state index contributed by atoms with van der Waals surface area (Å²) in [6.07, 6.45) is -0.807. The summed E-state index contributed by atoms with van der Waals surface area (Å²) in [6.45, 7) is 5.03. The fourth-order valence-electron chi connectivity index (χ4n) is 2.07. The average molecular weight is 375 g/mol.